The lowest BCUT2D eigenvalue weighted by atomic mass is 9.60. The van der Waals surface area contributed by atoms with Gasteiger partial charge in [-0.15, -0.1) is 0 Å². The van der Waals surface area contributed by atoms with Crippen molar-refractivity contribution in [3.8, 4) is 0 Å². The third-order valence-corrected chi connectivity index (χ3v) is 9.53. The first-order valence-electron chi connectivity index (χ1n) is 11.2. The third-order valence-electron chi connectivity index (χ3n) is 7.62. The Balaban J connectivity index is 1.15. The second-order valence-corrected chi connectivity index (χ2v) is 11.5. The molecule has 2 saturated carbocycles. The van der Waals surface area contributed by atoms with Gasteiger partial charge in [-0.3, -0.25) is 0 Å². The van der Waals surface area contributed by atoms with Crippen molar-refractivity contribution >= 4 is 23.1 Å². The van der Waals surface area contributed by atoms with E-state index in [1.807, 2.05) is 0 Å². The van der Waals surface area contributed by atoms with Crippen molar-refractivity contribution in [3.05, 3.63) is 22.4 Å². The van der Waals surface area contributed by atoms with E-state index in [-0.39, 0.29) is 0 Å². The molecule has 1 aromatic rings. The van der Waals surface area contributed by atoms with E-state index in [0.29, 0.717) is 5.41 Å². The summed E-state index contributed by atoms with van der Waals surface area (Å²) in [7, 11) is 0. The van der Waals surface area contributed by atoms with Gasteiger partial charge in [0.15, 0.2) is 0 Å². The van der Waals surface area contributed by atoms with E-state index in [1.54, 1.807) is 11.3 Å². The molecule has 1 aromatic heterocycles. The Kier molecular flexibility index (Phi) is 6.89. The van der Waals surface area contributed by atoms with Crippen molar-refractivity contribution < 1.29 is 5.11 Å². The number of nitrogens with zero attached hydrogens (tertiary/aromatic N) is 1. The van der Waals surface area contributed by atoms with Crippen LogP contribution < -0.4 is 0 Å². The van der Waals surface area contributed by atoms with Gasteiger partial charge in [0.25, 0.3) is 0 Å². The smallest absolute Gasteiger partial charge is 0.0688 e. The van der Waals surface area contributed by atoms with Gasteiger partial charge in [-0.1, -0.05) is 0 Å². The molecule has 2 nitrogen and oxygen atoms in total. The molecule has 0 aromatic carbocycles. The predicted octanol–water partition coefficient (Wildman–Crippen LogP) is 5.60. The van der Waals surface area contributed by atoms with Crippen LogP contribution in [0.5, 0.6) is 0 Å². The first-order valence-corrected chi connectivity index (χ1v) is 13.3. The Morgan fingerprint density at radius 3 is 2.48 bits per heavy atom. The fourth-order valence-corrected chi connectivity index (χ4v) is 7.49. The summed E-state index contributed by atoms with van der Waals surface area (Å²) in [4.78, 5) is 2.64. The summed E-state index contributed by atoms with van der Waals surface area (Å²) in [5, 5.41) is 15.4. The highest BCUT2D eigenvalue weighted by molar-refractivity contribution is 7.99. The summed E-state index contributed by atoms with van der Waals surface area (Å²) in [5.41, 5.74) is 1.46. The van der Waals surface area contributed by atoms with Gasteiger partial charge in [-0.25, -0.2) is 0 Å². The lowest BCUT2D eigenvalue weighted by Crippen LogP contribution is -2.42. The predicted molar refractivity (Wildman–Crippen MR) is 119 cm³/mol. The van der Waals surface area contributed by atoms with Gasteiger partial charge < -0.3 is 10.0 Å². The molecule has 1 saturated heterocycles. The fourth-order valence-electron chi connectivity index (χ4n) is 5.60. The fraction of sp³-hybridized carbons (Fsp3) is 0.826. The molecule has 27 heavy (non-hydrogen) atoms. The zero-order valence-electron chi connectivity index (χ0n) is 16.8. The Hall–Kier alpha value is -0.0300. The third kappa shape index (κ3) is 5.52. The number of aliphatic hydroxyl groups is 1. The van der Waals surface area contributed by atoms with Crippen molar-refractivity contribution in [2.45, 2.75) is 76.2 Å². The molecule has 0 radical (unpaired) electrons. The topological polar surface area (TPSA) is 23.5 Å². The standard InChI is InChI=1S/C23H37NOS2/c25-23(17-21-5-15-26-19-21)10-8-22(9-11-23)6-3-20(4-7-22)18-27-16-14-24-12-1-2-13-24/h5,15,19-20,25H,1-4,6-14,16-18H2. The molecule has 1 N–H and O–H groups in total. The first-order chi connectivity index (χ1) is 13.1. The molecule has 4 heteroatoms. The largest absolute Gasteiger partial charge is 0.390 e. The van der Waals surface area contributed by atoms with Crippen molar-refractivity contribution in [1.29, 1.82) is 0 Å². The average molecular weight is 408 g/mol. The molecular formula is C23H37NOS2. The maximum atomic E-state index is 11.0. The number of likely N-dealkylation sites (tertiary alicyclic amines) is 1. The quantitative estimate of drug-likeness (QED) is 0.595. The number of thioether (sulfide) groups is 1. The van der Waals surface area contributed by atoms with Gasteiger partial charge in [0.05, 0.1) is 5.60 Å². The molecule has 152 valence electrons. The maximum absolute atomic E-state index is 11.0. The molecule has 0 atom stereocenters. The monoisotopic (exact) mass is 407 g/mol. The SMILES string of the molecule is OC1(Cc2ccsc2)CCC2(CCC(CSCCN3CCCC3)CC2)CC1. The summed E-state index contributed by atoms with van der Waals surface area (Å²) in [6.45, 7) is 3.99. The van der Waals surface area contributed by atoms with E-state index in [0.717, 1.165) is 25.2 Å². The van der Waals surface area contributed by atoms with Gasteiger partial charge in [0.1, 0.15) is 0 Å². The summed E-state index contributed by atoms with van der Waals surface area (Å²) in [6.07, 6.45) is 13.9. The molecule has 1 spiro atoms. The van der Waals surface area contributed by atoms with Crippen LogP contribution in [0.4, 0.5) is 0 Å². The molecule has 0 amide bonds. The molecule has 0 bridgehead atoms. The molecule has 3 aliphatic rings. The van der Waals surface area contributed by atoms with Crippen LogP contribution in [0, 0.1) is 11.3 Å². The normalized spacial score (nSPS) is 35.1. The minimum Gasteiger partial charge on any atom is -0.390 e. The zero-order chi connectivity index (χ0) is 18.6. The van der Waals surface area contributed by atoms with E-state index in [2.05, 4.69) is 33.5 Å². The second-order valence-electron chi connectivity index (χ2n) is 9.60. The number of rotatable bonds is 7. The lowest BCUT2D eigenvalue weighted by Gasteiger charge is -2.47. The van der Waals surface area contributed by atoms with Gasteiger partial charge in [-0.2, -0.15) is 23.1 Å². The number of thiophene rings is 1. The average Bonchev–Trinajstić information content (AvgIpc) is 3.37. The van der Waals surface area contributed by atoms with Gasteiger partial charge in [0.2, 0.25) is 0 Å². The molecule has 0 unspecified atom stereocenters. The van der Waals surface area contributed by atoms with Gasteiger partial charge >= 0.3 is 0 Å². The Morgan fingerprint density at radius 2 is 1.81 bits per heavy atom. The minimum absolute atomic E-state index is 0.436. The number of hydrogen-bond acceptors (Lipinski definition) is 4. The van der Waals surface area contributed by atoms with E-state index >= 15 is 0 Å². The molecule has 1 aliphatic heterocycles. The van der Waals surface area contributed by atoms with Crippen molar-refractivity contribution in [1.82, 2.24) is 4.90 Å². The minimum atomic E-state index is -0.436. The summed E-state index contributed by atoms with van der Waals surface area (Å²) >= 11 is 3.95. The van der Waals surface area contributed by atoms with Crippen LogP contribution in [0.2, 0.25) is 0 Å². The van der Waals surface area contributed by atoms with Crippen LogP contribution in [-0.4, -0.2) is 46.7 Å². The molecule has 2 heterocycles. The molecular weight excluding hydrogens is 370 g/mol. The Labute approximate surface area is 174 Å². The summed E-state index contributed by atoms with van der Waals surface area (Å²) < 4.78 is 0. The van der Waals surface area contributed by atoms with Crippen LogP contribution in [0.3, 0.4) is 0 Å². The highest BCUT2D eigenvalue weighted by Crippen LogP contribution is 2.51. The zero-order valence-corrected chi connectivity index (χ0v) is 18.5. The van der Waals surface area contributed by atoms with E-state index in [1.165, 1.54) is 88.1 Å². The molecule has 2 aliphatic carbocycles. The van der Waals surface area contributed by atoms with Crippen LogP contribution >= 0.6 is 23.1 Å². The maximum Gasteiger partial charge on any atom is 0.0688 e. The van der Waals surface area contributed by atoms with E-state index < -0.39 is 5.60 Å². The van der Waals surface area contributed by atoms with E-state index in [4.69, 9.17) is 0 Å². The van der Waals surface area contributed by atoms with Crippen molar-refractivity contribution in [2.75, 3.05) is 31.1 Å². The second kappa shape index (κ2) is 9.19. The number of hydrogen-bond donors (Lipinski definition) is 1. The highest BCUT2D eigenvalue weighted by Gasteiger charge is 2.43. The highest BCUT2D eigenvalue weighted by atomic mass is 32.2. The lowest BCUT2D eigenvalue weighted by molar-refractivity contribution is -0.0468. The Morgan fingerprint density at radius 1 is 1.07 bits per heavy atom. The Bertz CT molecular complexity index is 549. The molecule has 4 rings (SSSR count). The van der Waals surface area contributed by atoms with Crippen LogP contribution in [-0.2, 0) is 6.42 Å². The summed E-state index contributed by atoms with van der Waals surface area (Å²) in [5.74, 6) is 3.66. The van der Waals surface area contributed by atoms with Crippen LogP contribution in [0.1, 0.15) is 69.8 Å². The van der Waals surface area contributed by atoms with Crippen molar-refractivity contribution in [2.24, 2.45) is 11.3 Å². The first kappa shape index (κ1) is 20.3. The van der Waals surface area contributed by atoms with Crippen LogP contribution in [0.25, 0.3) is 0 Å². The van der Waals surface area contributed by atoms with Crippen molar-refractivity contribution in [3.63, 3.8) is 0 Å². The summed E-state index contributed by atoms with van der Waals surface area (Å²) in [6, 6.07) is 2.18. The molecule has 3 fully saturated rings. The van der Waals surface area contributed by atoms with Crippen LogP contribution in [0.15, 0.2) is 16.8 Å². The van der Waals surface area contributed by atoms with Gasteiger partial charge in [-0.05, 0) is 117 Å². The van der Waals surface area contributed by atoms with E-state index in [9.17, 15) is 5.11 Å². The van der Waals surface area contributed by atoms with Gasteiger partial charge in [0, 0.05) is 18.7 Å².